The summed E-state index contributed by atoms with van der Waals surface area (Å²) in [6.07, 6.45) is 1.66. The molecule has 1 N–H and O–H groups in total. The van der Waals surface area contributed by atoms with Gasteiger partial charge in [0, 0.05) is 11.8 Å². The molecule has 0 aliphatic heterocycles. The minimum Gasteiger partial charge on any atom is -0.378 e. The predicted molar refractivity (Wildman–Crippen MR) is 62.9 cm³/mol. The van der Waals surface area contributed by atoms with Crippen molar-refractivity contribution in [2.75, 3.05) is 0 Å². The third kappa shape index (κ3) is 5.22. The van der Waals surface area contributed by atoms with E-state index in [4.69, 9.17) is 0 Å². The molecule has 1 heterocycles. The molecular weight excluding hydrogens is 254 g/mol. The van der Waals surface area contributed by atoms with Gasteiger partial charge in [-0.25, -0.2) is 4.98 Å². The van der Waals surface area contributed by atoms with E-state index in [2.05, 4.69) is 44.6 Å². The molecule has 1 aromatic rings. The highest BCUT2D eigenvalue weighted by Crippen LogP contribution is 2.04. The lowest BCUT2D eigenvalue weighted by Gasteiger charge is -2.04. The van der Waals surface area contributed by atoms with E-state index < -0.39 is 5.60 Å². The van der Waals surface area contributed by atoms with E-state index in [9.17, 15) is 5.11 Å². The van der Waals surface area contributed by atoms with Crippen LogP contribution in [0.3, 0.4) is 0 Å². The van der Waals surface area contributed by atoms with Crippen LogP contribution in [0.25, 0.3) is 0 Å². The first-order valence-electron chi connectivity index (χ1n) is 4.34. The Kier molecular flexibility index (Phi) is 3.91. The van der Waals surface area contributed by atoms with E-state index in [1.165, 1.54) is 0 Å². The van der Waals surface area contributed by atoms with Gasteiger partial charge in [-0.1, -0.05) is 11.8 Å². The van der Waals surface area contributed by atoms with Crippen LogP contribution in [0.5, 0.6) is 0 Å². The molecular formula is C12H10BrNO. The normalized spacial score (nSPS) is 9.60. The van der Waals surface area contributed by atoms with Gasteiger partial charge in [-0.3, -0.25) is 0 Å². The minimum absolute atomic E-state index is 0.774. The van der Waals surface area contributed by atoms with Crippen molar-refractivity contribution >= 4 is 15.9 Å². The molecule has 0 atom stereocenters. The van der Waals surface area contributed by atoms with Crippen molar-refractivity contribution in [3.8, 4) is 23.7 Å². The molecule has 0 aromatic carbocycles. The van der Waals surface area contributed by atoms with Crippen LogP contribution in [-0.2, 0) is 0 Å². The zero-order valence-electron chi connectivity index (χ0n) is 8.50. The molecule has 1 rings (SSSR count). The number of hydrogen-bond acceptors (Lipinski definition) is 2. The van der Waals surface area contributed by atoms with Crippen molar-refractivity contribution in [3.05, 3.63) is 28.5 Å². The summed E-state index contributed by atoms with van der Waals surface area (Å²) in [5, 5.41) is 9.29. The van der Waals surface area contributed by atoms with Gasteiger partial charge in [0.15, 0.2) is 0 Å². The Bertz CT molecular complexity index is 449. The average Bonchev–Trinajstić information content (AvgIpc) is 2.14. The maximum atomic E-state index is 9.29. The summed E-state index contributed by atoms with van der Waals surface area (Å²) in [7, 11) is 0. The van der Waals surface area contributed by atoms with Gasteiger partial charge in [0.2, 0.25) is 0 Å². The van der Waals surface area contributed by atoms with Crippen molar-refractivity contribution < 1.29 is 5.11 Å². The molecule has 3 heteroatoms. The van der Waals surface area contributed by atoms with Crippen LogP contribution in [0.2, 0.25) is 0 Å². The van der Waals surface area contributed by atoms with Gasteiger partial charge >= 0.3 is 0 Å². The van der Waals surface area contributed by atoms with Gasteiger partial charge in [0.1, 0.15) is 10.2 Å². The van der Waals surface area contributed by atoms with Crippen LogP contribution in [0.1, 0.15) is 19.4 Å². The summed E-state index contributed by atoms with van der Waals surface area (Å²) >= 11 is 3.23. The van der Waals surface area contributed by atoms with Crippen molar-refractivity contribution in [2.45, 2.75) is 19.4 Å². The lowest BCUT2D eigenvalue weighted by molar-refractivity contribution is 0.143. The number of aromatic nitrogens is 1. The third-order valence-electron chi connectivity index (χ3n) is 1.37. The molecule has 0 amide bonds. The molecule has 0 spiro atoms. The van der Waals surface area contributed by atoms with E-state index in [1.54, 1.807) is 20.0 Å². The van der Waals surface area contributed by atoms with Crippen molar-refractivity contribution in [3.63, 3.8) is 0 Å². The summed E-state index contributed by atoms with van der Waals surface area (Å²) < 4.78 is 0.774. The Hall–Kier alpha value is -1.29. The van der Waals surface area contributed by atoms with Crippen LogP contribution in [0.4, 0.5) is 0 Å². The van der Waals surface area contributed by atoms with Gasteiger partial charge in [0.05, 0.1) is 0 Å². The Morgan fingerprint density at radius 1 is 1.33 bits per heavy atom. The highest BCUT2D eigenvalue weighted by atomic mass is 79.9. The molecule has 15 heavy (non-hydrogen) atoms. The maximum absolute atomic E-state index is 9.29. The van der Waals surface area contributed by atoms with E-state index in [-0.39, 0.29) is 0 Å². The number of halogens is 1. The standard InChI is InChI=1S/C12H10BrNO/c1-12(2,15)8-4-3-5-10-6-7-11(13)14-9-10/h6-7,9,15H,1-2H3. The van der Waals surface area contributed by atoms with E-state index in [0.29, 0.717) is 0 Å². The average molecular weight is 264 g/mol. The lowest BCUT2D eigenvalue weighted by Crippen LogP contribution is -2.14. The molecule has 0 aliphatic carbocycles. The molecule has 0 saturated carbocycles. The fraction of sp³-hybridized carbons (Fsp3) is 0.250. The fourth-order valence-electron chi connectivity index (χ4n) is 0.737. The number of hydrogen-bond donors (Lipinski definition) is 1. The zero-order valence-corrected chi connectivity index (χ0v) is 10.1. The first-order valence-corrected chi connectivity index (χ1v) is 5.14. The molecule has 1 aromatic heterocycles. The van der Waals surface area contributed by atoms with Gasteiger partial charge < -0.3 is 5.11 Å². The fourth-order valence-corrected chi connectivity index (χ4v) is 0.972. The van der Waals surface area contributed by atoms with Crippen molar-refractivity contribution in [1.82, 2.24) is 4.98 Å². The van der Waals surface area contributed by atoms with Gasteiger partial charge in [-0.15, -0.1) is 0 Å². The van der Waals surface area contributed by atoms with Gasteiger partial charge in [0.25, 0.3) is 0 Å². The molecule has 0 radical (unpaired) electrons. The van der Waals surface area contributed by atoms with E-state index in [0.717, 1.165) is 10.2 Å². The Morgan fingerprint density at radius 3 is 2.60 bits per heavy atom. The SMILES string of the molecule is CC(C)(O)C#CC#Cc1ccc(Br)nc1. The predicted octanol–water partition coefficient (Wildman–Crippen LogP) is 1.97. The summed E-state index contributed by atoms with van der Waals surface area (Å²) in [4.78, 5) is 4.02. The number of aliphatic hydroxyl groups is 1. The van der Waals surface area contributed by atoms with Crippen LogP contribution >= 0.6 is 15.9 Å². The smallest absolute Gasteiger partial charge is 0.120 e. The van der Waals surface area contributed by atoms with Crippen molar-refractivity contribution in [1.29, 1.82) is 0 Å². The van der Waals surface area contributed by atoms with Gasteiger partial charge in [-0.05, 0) is 53.8 Å². The molecule has 0 saturated heterocycles. The van der Waals surface area contributed by atoms with Crippen LogP contribution in [0.15, 0.2) is 22.9 Å². The van der Waals surface area contributed by atoms with Crippen LogP contribution < -0.4 is 0 Å². The first kappa shape index (κ1) is 11.8. The summed E-state index contributed by atoms with van der Waals surface area (Å²) in [6.45, 7) is 3.23. The second-order valence-electron chi connectivity index (χ2n) is 3.43. The summed E-state index contributed by atoms with van der Waals surface area (Å²) in [5.41, 5.74) is -0.199. The molecule has 0 aliphatic rings. The van der Waals surface area contributed by atoms with E-state index in [1.807, 2.05) is 12.1 Å². The maximum Gasteiger partial charge on any atom is 0.120 e. The third-order valence-corrected chi connectivity index (χ3v) is 1.83. The number of rotatable bonds is 0. The molecule has 2 nitrogen and oxygen atoms in total. The first-order chi connectivity index (χ1) is 6.97. The second-order valence-corrected chi connectivity index (χ2v) is 4.24. The monoisotopic (exact) mass is 263 g/mol. The lowest BCUT2D eigenvalue weighted by atomic mass is 10.1. The molecule has 0 unspecified atom stereocenters. The Balaban J connectivity index is 2.74. The topological polar surface area (TPSA) is 33.1 Å². The molecule has 76 valence electrons. The second kappa shape index (κ2) is 4.98. The Morgan fingerprint density at radius 2 is 2.07 bits per heavy atom. The molecule has 0 fully saturated rings. The van der Waals surface area contributed by atoms with Crippen LogP contribution in [-0.4, -0.2) is 15.7 Å². The largest absolute Gasteiger partial charge is 0.378 e. The van der Waals surface area contributed by atoms with Gasteiger partial charge in [-0.2, -0.15) is 0 Å². The van der Waals surface area contributed by atoms with E-state index >= 15 is 0 Å². The zero-order chi connectivity index (χ0) is 11.3. The highest BCUT2D eigenvalue weighted by Gasteiger charge is 2.04. The molecule has 0 bridgehead atoms. The van der Waals surface area contributed by atoms with Crippen molar-refractivity contribution in [2.24, 2.45) is 0 Å². The number of nitrogens with zero attached hydrogens (tertiary/aromatic N) is 1. The quantitative estimate of drug-likeness (QED) is 0.574. The summed E-state index contributed by atoms with van der Waals surface area (Å²) in [5.74, 6) is 10.7. The summed E-state index contributed by atoms with van der Waals surface area (Å²) in [6, 6.07) is 3.66. The minimum atomic E-state index is -0.993. The number of pyridine rings is 1. The Labute approximate surface area is 97.9 Å². The highest BCUT2D eigenvalue weighted by molar-refractivity contribution is 9.10. The van der Waals surface area contributed by atoms with Crippen LogP contribution in [0, 0.1) is 23.7 Å².